The Hall–Kier alpha value is -6.81. The fourth-order valence-electron chi connectivity index (χ4n) is 9.52. The van der Waals surface area contributed by atoms with Crippen molar-refractivity contribution in [2.75, 3.05) is 19.7 Å². The summed E-state index contributed by atoms with van der Waals surface area (Å²) in [6, 6.07) is -5.13. The minimum absolute atomic E-state index is 0.0558. The number of amides is 8. The number of phenols is 1. The fraction of sp³-hybridized carbons (Fsp3) is 0.600. The molecular formula is C50H72N8O22S. The SMILES string of the molecule is CCCCCCCCOc1ccc(C(=O)N[C@H]2C[C@@H](O)[C@H](O)NC(=O)[C@@H]3[C@@H](O)[C@@H](C)CN3C(=O)[C@H]([C@H](O)CC(N)=O)NC(=O)[C@H]([C@H](O)[C@@H](O)c3ccc(O)c(OS(=O)(=O)O)c3)NC(=O)[C@@H]3C[C@@H](O)CN3C(=O)[C@H]([C@@H](C)O)NC2=O)cc1. The van der Waals surface area contributed by atoms with Crippen LogP contribution in [-0.4, -0.2) is 215 Å². The molecule has 3 aliphatic heterocycles. The minimum Gasteiger partial charge on any atom is -0.504 e. The van der Waals surface area contributed by atoms with Gasteiger partial charge >= 0.3 is 10.4 Å². The summed E-state index contributed by atoms with van der Waals surface area (Å²) in [4.78, 5) is 114. The number of nitrogens with two attached hydrogens (primary N) is 1. The van der Waals surface area contributed by atoms with Gasteiger partial charge in [0, 0.05) is 37.4 Å². The minimum atomic E-state index is -5.34. The lowest BCUT2D eigenvalue weighted by Gasteiger charge is -2.34. The molecule has 2 aromatic rings. The van der Waals surface area contributed by atoms with E-state index in [1.807, 2.05) is 10.6 Å². The summed E-state index contributed by atoms with van der Waals surface area (Å²) in [5.41, 5.74) is 4.68. The predicted molar refractivity (Wildman–Crippen MR) is 277 cm³/mol. The molecule has 15 atom stereocenters. The maximum Gasteiger partial charge on any atom is 0.446 e. The normalized spacial score (nSPS) is 27.9. The van der Waals surface area contributed by atoms with E-state index in [1.165, 1.54) is 31.2 Å². The Morgan fingerprint density at radius 1 is 0.778 bits per heavy atom. The van der Waals surface area contributed by atoms with Gasteiger partial charge in [-0.2, -0.15) is 8.42 Å². The molecule has 17 N–H and O–H groups in total. The van der Waals surface area contributed by atoms with Gasteiger partial charge in [-0.05, 0) is 55.3 Å². The smallest absolute Gasteiger partial charge is 0.446 e. The number of rotatable bonds is 19. The number of phenolic OH excluding ortho intramolecular Hbond substituents is 1. The van der Waals surface area contributed by atoms with Crippen LogP contribution in [0, 0.1) is 5.92 Å². The molecule has 0 unspecified atom stereocenters. The van der Waals surface area contributed by atoms with E-state index in [0.29, 0.717) is 28.2 Å². The maximum absolute atomic E-state index is 14.6. The van der Waals surface area contributed by atoms with Crippen molar-refractivity contribution in [2.24, 2.45) is 11.7 Å². The number of primary amides is 1. The van der Waals surface area contributed by atoms with Crippen LogP contribution in [0.25, 0.3) is 0 Å². The summed E-state index contributed by atoms with van der Waals surface area (Å²) >= 11 is 0. The van der Waals surface area contributed by atoms with E-state index in [-0.39, 0.29) is 5.56 Å². The first-order chi connectivity index (χ1) is 38.0. The monoisotopic (exact) mass is 1170 g/mol. The van der Waals surface area contributed by atoms with Crippen molar-refractivity contribution >= 4 is 57.7 Å². The van der Waals surface area contributed by atoms with Gasteiger partial charge in [-0.1, -0.05) is 52.0 Å². The van der Waals surface area contributed by atoms with Crippen molar-refractivity contribution in [3.63, 3.8) is 0 Å². The van der Waals surface area contributed by atoms with E-state index in [0.717, 1.165) is 57.6 Å². The number of nitrogens with one attached hydrogen (secondary N) is 5. The van der Waals surface area contributed by atoms with Gasteiger partial charge in [-0.3, -0.25) is 42.9 Å². The van der Waals surface area contributed by atoms with Crippen LogP contribution in [0.2, 0.25) is 0 Å². The molecule has 450 valence electrons. The second-order valence-electron chi connectivity index (χ2n) is 20.3. The summed E-state index contributed by atoms with van der Waals surface area (Å²) < 4.78 is 42.4. The summed E-state index contributed by atoms with van der Waals surface area (Å²) in [6.07, 6.45) is -13.9. The standard InChI is InChI=1S/C50H72N8O22S/c1-4-5-6-7-8-9-16-79-28-13-10-25(11-14-28)43(68)52-29-19-33(63)46(71)56-48(73)39-40(65)23(2)21-58(39)50(75)37(32(62)20-35(51)64)54-47(72)38(42(67)41(66)26-12-15-31(61)34(17-26)80-81(76,77)78)55-45(70)30-18-27(60)22-57(30)49(74)36(24(3)59)53-44(29)69/h10-15,17,23-24,27,29-30,32-33,36-42,46,59-63,65-67,71H,4-9,16,18-22H2,1-3H3,(H2,51,64)(H,52,68)(H,53,69)(H,54,72)(H,55,70)(H,56,73)(H,76,77,78)/t23-,24+,27+,29-,30-,32+,33+,36-,37-,38-,39-,40-,41-,42-,46-/m0/s1. The van der Waals surface area contributed by atoms with Gasteiger partial charge in [-0.25, -0.2) is 0 Å². The number of hydrogen-bond acceptors (Lipinski definition) is 21. The molecule has 31 heteroatoms. The number of hydrogen-bond donors (Lipinski definition) is 16. The van der Waals surface area contributed by atoms with Crippen LogP contribution in [0.15, 0.2) is 42.5 Å². The van der Waals surface area contributed by atoms with E-state index in [2.05, 4.69) is 27.1 Å². The molecule has 0 spiro atoms. The number of aliphatic hydroxyl groups excluding tert-OH is 8. The molecule has 3 aliphatic rings. The van der Waals surface area contributed by atoms with Gasteiger partial charge in [0.15, 0.2) is 17.7 Å². The number of fused-ring (bicyclic) bond motifs is 2. The quantitative estimate of drug-likeness (QED) is 0.0462. The van der Waals surface area contributed by atoms with Crippen molar-refractivity contribution < 1.29 is 106 Å². The highest BCUT2D eigenvalue weighted by molar-refractivity contribution is 7.81. The third-order valence-electron chi connectivity index (χ3n) is 14.0. The zero-order valence-electron chi connectivity index (χ0n) is 44.4. The number of carbonyl (C=O) groups excluding carboxylic acids is 8. The molecule has 0 saturated carbocycles. The molecule has 5 rings (SSSR count). The average Bonchev–Trinajstić information content (AvgIpc) is 3.96. The lowest BCUT2D eigenvalue weighted by molar-refractivity contribution is -0.149. The topological polar surface area (TPSA) is 484 Å². The van der Waals surface area contributed by atoms with E-state index < -0.39 is 198 Å². The maximum atomic E-state index is 14.6. The Bertz CT molecular complexity index is 2690. The molecule has 0 aromatic heterocycles. The van der Waals surface area contributed by atoms with Crippen molar-refractivity contribution in [3.8, 4) is 17.2 Å². The van der Waals surface area contributed by atoms with E-state index in [1.54, 1.807) is 0 Å². The highest BCUT2D eigenvalue weighted by atomic mass is 32.3. The first-order valence-corrected chi connectivity index (χ1v) is 27.5. The second kappa shape index (κ2) is 28.7. The Kier molecular flexibility index (Phi) is 23.1. The van der Waals surface area contributed by atoms with Crippen LogP contribution >= 0.6 is 0 Å². The third kappa shape index (κ3) is 17.4. The first-order valence-electron chi connectivity index (χ1n) is 26.1. The van der Waals surface area contributed by atoms with Gasteiger partial charge < -0.3 is 97.0 Å². The van der Waals surface area contributed by atoms with Crippen molar-refractivity contribution in [2.45, 2.75) is 164 Å². The van der Waals surface area contributed by atoms with E-state index >= 15 is 0 Å². The molecule has 3 fully saturated rings. The third-order valence-corrected chi connectivity index (χ3v) is 14.3. The number of carbonyl (C=O) groups is 8. The van der Waals surface area contributed by atoms with Gasteiger partial charge in [0.05, 0.1) is 37.4 Å². The Labute approximate surface area is 464 Å². The molecule has 8 amide bonds. The van der Waals surface area contributed by atoms with E-state index in [9.17, 15) is 97.3 Å². The molecule has 81 heavy (non-hydrogen) atoms. The van der Waals surface area contributed by atoms with Crippen LogP contribution in [0.1, 0.15) is 101 Å². The second-order valence-corrected chi connectivity index (χ2v) is 21.4. The number of aliphatic hydroxyl groups is 8. The summed E-state index contributed by atoms with van der Waals surface area (Å²) in [7, 11) is -5.34. The summed E-state index contributed by atoms with van der Waals surface area (Å²) in [6.45, 7) is 3.63. The molecule has 0 radical (unpaired) electrons. The van der Waals surface area contributed by atoms with Crippen LogP contribution in [0.5, 0.6) is 17.2 Å². The molecule has 3 heterocycles. The Morgan fingerprint density at radius 2 is 1.40 bits per heavy atom. The van der Waals surface area contributed by atoms with Crippen LogP contribution in [-0.2, 0) is 44.0 Å². The van der Waals surface area contributed by atoms with Gasteiger partial charge in [0.25, 0.3) is 5.91 Å². The first kappa shape index (κ1) is 65.0. The summed E-state index contributed by atoms with van der Waals surface area (Å²) in [5.74, 6) is -13.4. The number of nitrogens with zero attached hydrogens (tertiary/aromatic N) is 2. The van der Waals surface area contributed by atoms with Crippen molar-refractivity contribution in [1.29, 1.82) is 0 Å². The number of aromatic hydroxyl groups is 1. The number of benzene rings is 2. The van der Waals surface area contributed by atoms with Crippen molar-refractivity contribution in [1.82, 2.24) is 36.4 Å². The number of ether oxygens (including phenoxy) is 1. The van der Waals surface area contributed by atoms with Crippen LogP contribution in [0.4, 0.5) is 0 Å². The average molecular weight is 1170 g/mol. The van der Waals surface area contributed by atoms with Crippen LogP contribution < -0.4 is 41.2 Å². The molecule has 30 nitrogen and oxygen atoms in total. The predicted octanol–water partition coefficient (Wildman–Crippen LogP) is -5.05. The molecule has 3 saturated heterocycles. The fourth-order valence-corrected chi connectivity index (χ4v) is 9.88. The highest BCUT2D eigenvalue weighted by Gasteiger charge is 2.51. The lowest BCUT2D eigenvalue weighted by atomic mass is 9.96. The van der Waals surface area contributed by atoms with Gasteiger partial charge in [-0.15, -0.1) is 0 Å². The Morgan fingerprint density at radius 3 is 2.02 bits per heavy atom. The largest absolute Gasteiger partial charge is 0.504 e. The van der Waals surface area contributed by atoms with Gasteiger partial charge in [0.1, 0.15) is 60.3 Å². The molecule has 0 bridgehead atoms. The highest BCUT2D eigenvalue weighted by Crippen LogP contribution is 2.33. The molecule has 0 aliphatic carbocycles. The Balaban J connectivity index is 1.57. The zero-order chi connectivity index (χ0) is 60.2. The lowest BCUT2D eigenvalue weighted by Crippen LogP contribution is -2.64. The molecular weight excluding hydrogens is 1100 g/mol. The molecule has 2 aromatic carbocycles. The van der Waals surface area contributed by atoms with Crippen LogP contribution in [0.3, 0.4) is 0 Å². The summed E-state index contributed by atoms with van der Waals surface area (Å²) in [5, 5.41) is 111. The zero-order valence-corrected chi connectivity index (χ0v) is 45.3. The van der Waals surface area contributed by atoms with E-state index in [4.69, 9.17) is 10.5 Å². The van der Waals surface area contributed by atoms with Gasteiger partial charge in [0.2, 0.25) is 41.4 Å². The van der Waals surface area contributed by atoms with Crippen molar-refractivity contribution in [3.05, 3.63) is 53.6 Å². The number of unbranched alkanes of at least 4 members (excludes halogenated alkanes) is 5.